The van der Waals surface area contributed by atoms with Crippen LogP contribution >= 0.6 is 0 Å². The Hall–Kier alpha value is -2.77. The molecule has 1 aromatic carbocycles. The fourth-order valence-corrected chi connectivity index (χ4v) is 3.71. The smallest absolute Gasteiger partial charge is 0.420 e. The molecule has 4 rings (SSSR count). The zero-order valence-corrected chi connectivity index (χ0v) is 13.9. The summed E-state index contributed by atoms with van der Waals surface area (Å²) in [5, 5.41) is 0. The van der Waals surface area contributed by atoms with Gasteiger partial charge in [0.1, 0.15) is 12.1 Å². The van der Waals surface area contributed by atoms with Gasteiger partial charge >= 0.3 is 11.8 Å². The molecule has 0 saturated carbocycles. The molecule has 8 nitrogen and oxygen atoms in total. The summed E-state index contributed by atoms with van der Waals surface area (Å²) >= 11 is 0. The van der Waals surface area contributed by atoms with Crippen LogP contribution in [0.25, 0.3) is 11.1 Å². The van der Waals surface area contributed by atoms with Crippen molar-refractivity contribution in [1.82, 2.24) is 14.4 Å². The third-order valence-corrected chi connectivity index (χ3v) is 4.90. The summed E-state index contributed by atoms with van der Waals surface area (Å²) in [6.07, 6.45) is 1.14. The number of hydrogen-bond donors (Lipinski definition) is 0. The van der Waals surface area contributed by atoms with Crippen molar-refractivity contribution in [1.29, 1.82) is 0 Å². The van der Waals surface area contributed by atoms with E-state index in [0.29, 0.717) is 30.7 Å². The number of fused-ring (bicyclic) bond motifs is 1. The molecule has 2 amide bonds. The zero-order chi connectivity index (χ0) is 17.6. The molecule has 8 heteroatoms. The molecular formula is C17H19N3O5. The minimum absolute atomic E-state index is 0.0876. The highest BCUT2D eigenvalue weighted by molar-refractivity contribution is 5.80. The van der Waals surface area contributed by atoms with Crippen molar-refractivity contribution < 1.29 is 18.7 Å². The van der Waals surface area contributed by atoms with Crippen LogP contribution < -0.4 is 5.76 Å². The van der Waals surface area contributed by atoms with Crippen LogP contribution in [0.3, 0.4) is 0 Å². The van der Waals surface area contributed by atoms with Crippen LogP contribution in [0.1, 0.15) is 12.8 Å². The minimum atomic E-state index is -0.636. The minimum Gasteiger partial charge on any atom is -0.439 e. The molecule has 0 radical (unpaired) electrons. The second-order valence-electron chi connectivity index (χ2n) is 6.75. The number of carbonyl (C=O) groups excluding carboxylic acids is 2. The quantitative estimate of drug-likeness (QED) is 0.812. The molecule has 0 bridgehead atoms. The number of piperidine rings is 1. The summed E-state index contributed by atoms with van der Waals surface area (Å²) < 4.78 is 12.0. The van der Waals surface area contributed by atoms with Crippen molar-refractivity contribution >= 4 is 23.1 Å². The van der Waals surface area contributed by atoms with E-state index in [9.17, 15) is 14.4 Å². The number of carbonyl (C=O) groups is 2. The molecule has 1 spiro atoms. The highest BCUT2D eigenvalue weighted by atomic mass is 16.6. The van der Waals surface area contributed by atoms with Gasteiger partial charge in [0.05, 0.1) is 18.6 Å². The lowest BCUT2D eigenvalue weighted by Gasteiger charge is -2.38. The van der Waals surface area contributed by atoms with Crippen LogP contribution in [0.5, 0.6) is 0 Å². The molecule has 25 heavy (non-hydrogen) atoms. The van der Waals surface area contributed by atoms with Gasteiger partial charge in [-0.3, -0.25) is 9.36 Å². The molecular weight excluding hydrogens is 326 g/mol. The van der Waals surface area contributed by atoms with Gasteiger partial charge < -0.3 is 19.0 Å². The molecule has 2 saturated heterocycles. The second-order valence-corrected chi connectivity index (χ2v) is 6.75. The fourth-order valence-electron chi connectivity index (χ4n) is 3.71. The molecule has 132 valence electrons. The fraction of sp³-hybridized carbons (Fsp3) is 0.471. The molecule has 2 aliphatic rings. The standard InChI is InChI=1S/C17H19N3O5/c1-18-10-17(25-15(18)22)7-4-8-19(11-17)14(21)9-20-12-5-2-3-6-13(12)24-16(20)23/h2-3,5-6H,4,7-11H2,1H3. The molecule has 2 aliphatic heterocycles. The number of nitrogens with zero attached hydrogens (tertiary/aromatic N) is 3. The van der Waals surface area contributed by atoms with Gasteiger partial charge in [-0.05, 0) is 25.0 Å². The predicted octanol–water partition coefficient (Wildman–Crippen LogP) is 1.04. The van der Waals surface area contributed by atoms with Gasteiger partial charge in [0.2, 0.25) is 5.91 Å². The van der Waals surface area contributed by atoms with E-state index < -0.39 is 11.4 Å². The summed E-state index contributed by atoms with van der Waals surface area (Å²) in [5.74, 6) is -0.730. The van der Waals surface area contributed by atoms with Crippen LogP contribution in [0.15, 0.2) is 33.5 Å². The van der Waals surface area contributed by atoms with Crippen molar-refractivity contribution in [2.75, 3.05) is 26.7 Å². The number of ether oxygens (including phenoxy) is 1. The first-order chi connectivity index (χ1) is 12.0. The first kappa shape index (κ1) is 15.7. The van der Waals surface area contributed by atoms with Crippen LogP contribution in [0, 0.1) is 0 Å². The van der Waals surface area contributed by atoms with E-state index in [1.165, 1.54) is 9.47 Å². The van der Waals surface area contributed by atoms with Gasteiger partial charge in [0, 0.05) is 13.6 Å². The molecule has 1 atom stereocenters. The maximum atomic E-state index is 12.7. The van der Waals surface area contributed by atoms with E-state index in [-0.39, 0.29) is 18.5 Å². The molecule has 0 aliphatic carbocycles. The monoisotopic (exact) mass is 345 g/mol. The number of likely N-dealkylation sites (tertiary alicyclic amines) is 1. The van der Waals surface area contributed by atoms with Crippen molar-refractivity contribution in [3.05, 3.63) is 34.8 Å². The van der Waals surface area contributed by atoms with Crippen molar-refractivity contribution in [3.63, 3.8) is 0 Å². The Kier molecular flexibility index (Phi) is 3.55. The molecule has 2 fully saturated rings. The van der Waals surface area contributed by atoms with Gasteiger partial charge in [0.15, 0.2) is 5.58 Å². The highest BCUT2D eigenvalue weighted by Gasteiger charge is 2.47. The van der Waals surface area contributed by atoms with Crippen molar-refractivity contribution in [2.45, 2.75) is 25.0 Å². The number of rotatable bonds is 2. The number of amides is 2. The molecule has 1 unspecified atom stereocenters. The van der Waals surface area contributed by atoms with Gasteiger partial charge in [-0.15, -0.1) is 0 Å². The number of hydrogen-bond acceptors (Lipinski definition) is 5. The third-order valence-electron chi connectivity index (χ3n) is 4.90. The maximum Gasteiger partial charge on any atom is 0.420 e. The summed E-state index contributed by atoms with van der Waals surface area (Å²) in [6.45, 7) is 1.33. The van der Waals surface area contributed by atoms with Gasteiger partial charge in [-0.1, -0.05) is 12.1 Å². The summed E-state index contributed by atoms with van der Waals surface area (Å²) in [5.41, 5.74) is 0.421. The average Bonchev–Trinajstić information content (AvgIpc) is 3.04. The Morgan fingerprint density at radius 2 is 2.04 bits per heavy atom. The van der Waals surface area contributed by atoms with E-state index in [2.05, 4.69) is 0 Å². The average molecular weight is 345 g/mol. The zero-order valence-electron chi connectivity index (χ0n) is 13.9. The number of benzene rings is 1. The Bertz CT molecular complexity index is 901. The van der Waals surface area contributed by atoms with E-state index in [4.69, 9.17) is 9.15 Å². The third kappa shape index (κ3) is 2.67. The summed E-state index contributed by atoms with van der Waals surface area (Å²) in [4.78, 5) is 39.7. The Morgan fingerprint density at radius 3 is 2.80 bits per heavy atom. The predicted molar refractivity (Wildman–Crippen MR) is 88.1 cm³/mol. The van der Waals surface area contributed by atoms with E-state index in [1.54, 1.807) is 36.2 Å². The normalized spacial score (nSPS) is 23.5. The lowest BCUT2D eigenvalue weighted by molar-refractivity contribution is -0.137. The van der Waals surface area contributed by atoms with Crippen molar-refractivity contribution in [3.8, 4) is 0 Å². The molecule has 3 heterocycles. The van der Waals surface area contributed by atoms with Crippen LogP contribution in [-0.2, 0) is 16.1 Å². The maximum absolute atomic E-state index is 12.7. The van der Waals surface area contributed by atoms with Crippen molar-refractivity contribution in [2.24, 2.45) is 0 Å². The second kappa shape index (κ2) is 5.65. The van der Waals surface area contributed by atoms with Gasteiger partial charge in [-0.25, -0.2) is 9.59 Å². The first-order valence-electron chi connectivity index (χ1n) is 8.28. The van der Waals surface area contributed by atoms with Gasteiger partial charge in [-0.2, -0.15) is 0 Å². The number of aromatic nitrogens is 1. The largest absolute Gasteiger partial charge is 0.439 e. The Balaban J connectivity index is 1.54. The van der Waals surface area contributed by atoms with E-state index in [1.807, 2.05) is 0 Å². The SMILES string of the molecule is CN1CC2(CCCN(C(=O)Cn3c(=O)oc4ccccc43)C2)OC1=O. The molecule has 2 aromatic rings. The molecule has 1 aromatic heterocycles. The number of para-hydroxylation sites is 2. The first-order valence-corrected chi connectivity index (χ1v) is 8.28. The van der Waals surface area contributed by atoms with Crippen LogP contribution in [-0.4, -0.2) is 58.7 Å². The van der Waals surface area contributed by atoms with Crippen LogP contribution in [0.2, 0.25) is 0 Å². The Morgan fingerprint density at radius 1 is 1.24 bits per heavy atom. The van der Waals surface area contributed by atoms with Crippen LogP contribution in [0.4, 0.5) is 4.79 Å². The lowest BCUT2D eigenvalue weighted by Crippen LogP contribution is -2.53. The molecule has 0 N–H and O–H groups in total. The number of likely N-dealkylation sites (N-methyl/N-ethyl adjacent to an activating group) is 1. The Labute approximate surface area is 143 Å². The topological polar surface area (TPSA) is 85.0 Å². The van der Waals surface area contributed by atoms with E-state index >= 15 is 0 Å². The summed E-state index contributed by atoms with van der Waals surface area (Å²) in [7, 11) is 1.69. The van der Waals surface area contributed by atoms with E-state index in [0.717, 1.165) is 12.8 Å². The highest BCUT2D eigenvalue weighted by Crippen LogP contribution is 2.31. The lowest BCUT2D eigenvalue weighted by atomic mass is 9.92. The number of oxazole rings is 1. The summed E-state index contributed by atoms with van der Waals surface area (Å²) in [6, 6.07) is 7.01. The van der Waals surface area contributed by atoms with Gasteiger partial charge in [0.25, 0.3) is 0 Å².